The van der Waals surface area contributed by atoms with E-state index in [1.54, 1.807) is 0 Å². The number of phenols is 14. The van der Waals surface area contributed by atoms with Crippen molar-refractivity contribution in [2.75, 3.05) is 0 Å². The molecule has 0 saturated carbocycles. The van der Waals surface area contributed by atoms with Crippen LogP contribution in [0.25, 0.3) is 0 Å². The minimum absolute atomic E-state index is 0.0157. The normalized spacial score (nSPS) is 11.1. The summed E-state index contributed by atoms with van der Waals surface area (Å²) >= 11 is 0. The van der Waals surface area contributed by atoms with E-state index >= 15 is 0 Å². The quantitative estimate of drug-likeness (QED) is 0.0487. The Morgan fingerprint density at radius 3 is 0.679 bits per heavy atom. The number of benzene rings is 6. The molecule has 56 heavy (non-hydrogen) atoms. The number of phenolic OH excluding ortho intramolecular Hbond substituents is 14. The first-order valence-corrected chi connectivity index (χ1v) is 16.6. The zero-order valence-electron chi connectivity index (χ0n) is 28.9. The number of ketones is 1. The van der Waals surface area contributed by atoms with E-state index in [2.05, 4.69) is 0 Å². The molecule has 0 aromatic heterocycles. The van der Waals surface area contributed by atoms with Gasteiger partial charge in [-0.25, -0.2) is 0 Å². The third kappa shape index (κ3) is 7.49. The van der Waals surface area contributed by atoms with Gasteiger partial charge in [-0.1, -0.05) is 0 Å². The van der Waals surface area contributed by atoms with Gasteiger partial charge >= 0.3 is 0 Å². The third-order valence-electron chi connectivity index (χ3n) is 9.29. The highest BCUT2D eigenvalue weighted by molar-refractivity contribution is 6.09. The van der Waals surface area contributed by atoms with Crippen LogP contribution in [-0.4, -0.2) is 77.3 Å². The lowest BCUT2D eigenvalue weighted by Gasteiger charge is -2.17. The summed E-state index contributed by atoms with van der Waals surface area (Å²) in [4.78, 5) is 14.5. The zero-order chi connectivity index (χ0) is 40.7. The molecule has 14 N–H and O–H groups in total. The summed E-state index contributed by atoms with van der Waals surface area (Å²) in [5.41, 5.74) is -0.0310. The SMILES string of the molecule is O=C(c1cc(Cc2cc(O)c(O)cc2O)c(O)c(Cc2cc(O)c(O)cc2O)c1)c1cc(Cc2cc(O)c(O)cc2O)c(O)c(Cc2cc(O)c(O)cc2O)c1. The molecule has 0 aliphatic carbocycles. The molecule has 0 unspecified atom stereocenters. The Hall–Kier alpha value is -7.81. The number of rotatable bonds is 10. The average molecular weight is 767 g/mol. The Labute approximate surface area is 316 Å². The minimum atomic E-state index is -0.735. The van der Waals surface area contributed by atoms with Crippen molar-refractivity contribution < 1.29 is 76.3 Å². The highest BCUT2D eigenvalue weighted by Gasteiger charge is 2.23. The topological polar surface area (TPSA) is 300 Å². The van der Waals surface area contributed by atoms with Gasteiger partial charge in [-0.3, -0.25) is 4.79 Å². The maximum Gasteiger partial charge on any atom is 0.193 e. The lowest BCUT2D eigenvalue weighted by molar-refractivity contribution is 0.103. The fraction of sp³-hybridized carbons (Fsp3) is 0.0976. The van der Waals surface area contributed by atoms with Crippen LogP contribution in [0.3, 0.4) is 0 Å². The van der Waals surface area contributed by atoms with E-state index in [0.717, 1.165) is 48.5 Å². The van der Waals surface area contributed by atoms with Crippen LogP contribution in [0.15, 0.2) is 72.8 Å². The molecule has 15 heteroatoms. The van der Waals surface area contributed by atoms with Crippen molar-refractivity contribution in [3.63, 3.8) is 0 Å². The second-order valence-corrected chi connectivity index (χ2v) is 13.2. The van der Waals surface area contributed by atoms with E-state index in [0.29, 0.717) is 0 Å². The number of carbonyl (C=O) groups is 1. The van der Waals surface area contributed by atoms with Gasteiger partial charge < -0.3 is 71.5 Å². The molecule has 6 aromatic carbocycles. The molecular weight excluding hydrogens is 732 g/mol. The highest BCUT2D eigenvalue weighted by atomic mass is 16.3. The molecule has 288 valence electrons. The molecule has 0 heterocycles. The predicted octanol–water partition coefficient (Wildman–Crippen LogP) is 5.16. The lowest BCUT2D eigenvalue weighted by atomic mass is 9.89. The molecule has 6 aromatic rings. The molecular formula is C41H34O15. The van der Waals surface area contributed by atoms with Crippen LogP contribution < -0.4 is 0 Å². The van der Waals surface area contributed by atoms with Crippen molar-refractivity contribution in [3.8, 4) is 80.5 Å². The zero-order valence-corrected chi connectivity index (χ0v) is 28.9. The summed E-state index contributed by atoms with van der Waals surface area (Å²) < 4.78 is 0. The summed E-state index contributed by atoms with van der Waals surface area (Å²) in [6.07, 6.45) is -1.25. The first-order chi connectivity index (χ1) is 26.4. The van der Waals surface area contributed by atoms with Gasteiger partial charge in [0.2, 0.25) is 0 Å². The first kappa shape index (κ1) is 37.9. The largest absolute Gasteiger partial charge is 0.508 e. The van der Waals surface area contributed by atoms with Crippen molar-refractivity contribution in [2.24, 2.45) is 0 Å². The van der Waals surface area contributed by atoms with E-state index in [1.807, 2.05) is 0 Å². The van der Waals surface area contributed by atoms with E-state index in [-0.39, 0.29) is 81.3 Å². The number of carbonyl (C=O) groups excluding carboxylic acids is 1. The fourth-order valence-corrected chi connectivity index (χ4v) is 6.31. The van der Waals surface area contributed by atoms with Crippen molar-refractivity contribution in [2.45, 2.75) is 25.7 Å². The highest BCUT2D eigenvalue weighted by Crippen LogP contribution is 2.41. The first-order valence-electron chi connectivity index (χ1n) is 16.6. The van der Waals surface area contributed by atoms with E-state index in [4.69, 9.17) is 0 Å². The monoisotopic (exact) mass is 766 g/mol. The number of hydrogen-bond acceptors (Lipinski definition) is 15. The van der Waals surface area contributed by atoms with Gasteiger partial charge in [-0.2, -0.15) is 0 Å². The molecule has 0 fully saturated rings. The van der Waals surface area contributed by atoms with Crippen LogP contribution in [0.5, 0.6) is 80.5 Å². The molecule has 6 rings (SSSR count). The van der Waals surface area contributed by atoms with Gasteiger partial charge in [0.1, 0.15) is 34.5 Å². The standard InChI is InChI=1S/C41H34O15/c42-27-13-35(50)31(46)9-17(27)1-21-5-25(6-22(39(21)54)2-18-10-32(47)36(51)14-28(18)43)41(56)26-7-23(3-19-11-33(48)37(52)15-29(19)44)40(55)24(8-26)4-20-12-34(49)38(53)16-30(20)45/h5-16,42-55H,1-4H2. The van der Waals surface area contributed by atoms with Gasteiger partial charge in [-0.05, 0) is 70.8 Å². The second kappa shape index (κ2) is 14.5. The Morgan fingerprint density at radius 1 is 0.268 bits per heavy atom. The van der Waals surface area contributed by atoms with Gasteiger partial charge in [-0.15, -0.1) is 0 Å². The van der Waals surface area contributed by atoms with Crippen molar-refractivity contribution in [3.05, 3.63) is 128 Å². The van der Waals surface area contributed by atoms with Crippen LogP contribution in [0.1, 0.15) is 60.4 Å². The van der Waals surface area contributed by atoms with Crippen molar-refractivity contribution >= 4 is 5.78 Å². The fourth-order valence-electron chi connectivity index (χ4n) is 6.31. The lowest BCUT2D eigenvalue weighted by Crippen LogP contribution is -2.08. The van der Waals surface area contributed by atoms with Crippen LogP contribution >= 0.6 is 0 Å². The third-order valence-corrected chi connectivity index (χ3v) is 9.29. The Kier molecular flexibility index (Phi) is 9.85. The van der Waals surface area contributed by atoms with E-state index in [9.17, 15) is 76.3 Å². The van der Waals surface area contributed by atoms with Crippen LogP contribution in [0.4, 0.5) is 0 Å². The van der Waals surface area contributed by atoms with E-state index in [1.165, 1.54) is 24.3 Å². The van der Waals surface area contributed by atoms with Gasteiger partial charge in [0, 0.05) is 83.3 Å². The smallest absolute Gasteiger partial charge is 0.193 e. The van der Waals surface area contributed by atoms with Crippen LogP contribution in [-0.2, 0) is 25.7 Å². The number of aromatic hydroxyl groups is 14. The van der Waals surface area contributed by atoms with Gasteiger partial charge in [0.25, 0.3) is 0 Å². The molecule has 0 bridgehead atoms. The summed E-state index contributed by atoms with van der Waals surface area (Å²) in [6, 6.07) is 12.8. The molecule has 0 spiro atoms. The van der Waals surface area contributed by atoms with Gasteiger partial charge in [0.05, 0.1) is 0 Å². The molecule has 0 radical (unpaired) electrons. The Morgan fingerprint density at radius 2 is 0.464 bits per heavy atom. The van der Waals surface area contributed by atoms with E-state index < -0.39 is 86.3 Å². The molecule has 0 aliphatic rings. The maximum absolute atomic E-state index is 14.5. The Balaban J connectivity index is 1.52. The van der Waals surface area contributed by atoms with Crippen LogP contribution in [0.2, 0.25) is 0 Å². The maximum atomic E-state index is 14.5. The summed E-state index contributed by atoms with van der Waals surface area (Å²) in [7, 11) is 0. The Bertz CT molecular complexity index is 2220. The molecule has 15 nitrogen and oxygen atoms in total. The molecule has 0 aliphatic heterocycles. The van der Waals surface area contributed by atoms with Gasteiger partial charge in [0.15, 0.2) is 51.8 Å². The summed E-state index contributed by atoms with van der Waals surface area (Å²) in [5.74, 6) is -8.21. The molecule has 0 amide bonds. The predicted molar refractivity (Wildman–Crippen MR) is 197 cm³/mol. The van der Waals surface area contributed by atoms with Crippen molar-refractivity contribution in [1.29, 1.82) is 0 Å². The molecule has 0 saturated heterocycles. The second-order valence-electron chi connectivity index (χ2n) is 13.2. The number of hydrogen-bond donors (Lipinski definition) is 14. The molecule has 0 atom stereocenters. The van der Waals surface area contributed by atoms with Crippen LogP contribution in [0, 0.1) is 0 Å². The summed E-state index contributed by atoms with van der Waals surface area (Å²) in [5, 5.41) is 145. The summed E-state index contributed by atoms with van der Waals surface area (Å²) in [6.45, 7) is 0. The minimum Gasteiger partial charge on any atom is -0.508 e. The average Bonchev–Trinajstić information content (AvgIpc) is 3.13. The van der Waals surface area contributed by atoms with Crippen molar-refractivity contribution in [1.82, 2.24) is 0 Å².